The topological polar surface area (TPSA) is 41.6 Å². The lowest BCUT2D eigenvalue weighted by molar-refractivity contribution is -0.119. The van der Waals surface area contributed by atoms with Crippen LogP contribution in [0.25, 0.3) is 6.08 Å². The number of hydrogen-bond acceptors (Lipinski definition) is 3. The fourth-order valence-corrected chi connectivity index (χ4v) is 2.74. The number of nitrogens with zero attached hydrogens (tertiary/aromatic N) is 1. The van der Waals surface area contributed by atoms with E-state index in [-0.39, 0.29) is 12.0 Å². The lowest BCUT2D eigenvalue weighted by atomic mass is 10.1. The Bertz CT molecular complexity index is 499. The fraction of sp³-hybridized carbons (Fsp3) is 0.500. The van der Waals surface area contributed by atoms with E-state index in [2.05, 4.69) is 47.5 Å². The molecule has 4 nitrogen and oxygen atoms in total. The van der Waals surface area contributed by atoms with E-state index in [1.807, 2.05) is 6.07 Å². The zero-order valence-corrected chi connectivity index (χ0v) is 13.5. The van der Waals surface area contributed by atoms with Gasteiger partial charge in [0, 0.05) is 33.1 Å². The van der Waals surface area contributed by atoms with Crippen LogP contribution in [0.2, 0.25) is 0 Å². The highest BCUT2D eigenvalue weighted by atomic mass is 16.5. The highest BCUT2D eigenvalue weighted by molar-refractivity contribution is 5.72. The van der Waals surface area contributed by atoms with Crippen LogP contribution in [0.3, 0.4) is 0 Å². The quantitative estimate of drug-likeness (QED) is 0.877. The number of rotatable bonds is 6. The van der Waals surface area contributed by atoms with Gasteiger partial charge in [-0.2, -0.15) is 0 Å². The molecule has 1 heterocycles. The molecule has 1 aliphatic rings. The van der Waals surface area contributed by atoms with Crippen LogP contribution >= 0.6 is 0 Å². The van der Waals surface area contributed by atoms with E-state index >= 15 is 0 Å². The van der Waals surface area contributed by atoms with Gasteiger partial charge in [-0.05, 0) is 18.9 Å². The van der Waals surface area contributed by atoms with E-state index in [4.69, 9.17) is 4.74 Å². The van der Waals surface area contributed by atoms with Crippen molar-refractivity contribution in [3.05, 3.63) is 41.5 Å². The Morgan fingerprint density at radius 3 is 2.86 bits per heavy atom. The summed E-state index contributed by atoms with van der Waals surface area (Å²) < 4.78 is 5.78. The van der Waals surface area contributed by atoms with E-state index in [9.17, 15) is 4.79 Å². The first kappa shape index (κ1) is 16.7. The third-order valence-electron chi connectivity index (χ3n) is 3.75. The van der Waals surface area contributed by atoms with Gasteiger partial charge in [0.1, 0.15) is 0 Å². The van der Waals surface area contributed by atoms with Crippen LogP contribution in [0.1, 0.15) is 25.8 Å². The second kappa shape index (κ2) is 8.71. The zero-order valence-electron chi connectivity index (χ0n) is 13.5. The summed E-state index contributed by atoms with van der Waals surface area (Å²) in [7, 11) is 0. The van der Waals surface area contributed by atoms with Crippen LogP contribution in [-0.2, 0) is 9.53 Å². The maximum absolute atomic E-state index is 10.9. The van der Waals surface area contributed by atoms with Crippen LogP contribution in [0.15, 0.2) is 35.9 Å². The standard InChI is InChI=1S/C18H26N2O2/c1-15(12-17-6-4-3-5-7-17)13-20-10-11-22-18(14-20)8-9-19-16(2)21/h3-7,12,18H,8-11,13-14H2,1-2H3,(H,19,21). The molecule has 1 aromatic carbocycles. The average Bonchev–Trinajstić information content (AvgIpc) is 2.48. The van der Waals surface area contributed by atoms with Crippen LogP contribution in [0, 0.1) is 0 Å². The average molecular weight is 302 g/mol. The summed E-state index contributed by atoms with van der Waals surface area (Å²) in [5.41, 5.74) is 2.60. The second-order valence-corrected chi connectivity index (χ2v) is 5.90. The summed E-state index contributed by atoms with van der Waals surface area (Å²) in [6, 6.07) is 10.4. The molecule has 0 aromatic heterocycles. The van der Waals surface area contributed by atoms with Gasteiger partial charge in [0.2, 0.25) is 5.91 Å². The summed E-state index contributed by atoms with van der Waals surface area (Å²) in [4.78, 5) is 13.3. The maximum Gasteiger partial charge on any atom is 0.216 e. The van der Waals surface area contributed by atoms with Gasteiger partial charge in [0.15, 0.2) is 0 Å². The molecule has 0 radical (unpaired) electrons. The molecule has 1 fully saturated rings. The lowest BCUT2D eigenvalue weighted by Crippen LogP contribution is -2.44. The molecule has 1 unspecified atom stereocenters. The van der Waals surface area contributed by atoms with Crippen molar-refractivity contribution >= 4 is 12.0 Å². The van der Waals surface area contributed by atoms with Gasteiger partial charge >= 0.3 is 0 Å². The van der Waals surface area contributed by atoms with Crippen molar-refractivity contribution in [3.8, 4) is 0 Å². The number of ether oxygens (including phenoxy) is 1. The highest BCUT2D eigenvalue weighted by Gasteiger charge is 2.20. The van der Waals surface area contributed by atoms with E-state index in [1.165, 1.54) is 11.1 Å². The van der Waals surface area contributed by atoms with Gasteiger partial charge in [-0.25, -0.2) is 0 Å². The summed E-state index contributed by atoms with van der Waals surface area (Å²) in [5, 5.41) is 2.83. The first-order valence-electron chi connectivity index (χ1n) is 7.94. The molecule has 4 heteroatoms. The molecule has 1 atom stereocenters. The fourth-order valence-electron chi connectivity index (χ4n) is 2.74. The van der Waals surface area contributed by atoms with Crippen molar-refractivity contribution in [2.75, 3.05) is 32.8 Å². The number of benzene rings is 1. The first-order valence-corrected chi connectivity index (χ1v) is 7.94. The molecule has 1 amide bonds. The molecular weight excluding hydrogens is 276 g/mol. The molecule has 0 aliphatic carbocycles. The molecule has 1 N–H and O–H groups in total. The van der Waals surface area contributed by atoms with Gasteiger partial charge in [0.25, 0.3) is 0 Å². The molecule has 1 aliphatic heterocycles. The molecular formula is C18H26N2O2. The Hall–Kier alpha value is -1.65. The summed E-state index contributed by atoms with van der Waals surface area (Å²) in [6.45, 7) is 8.04. The predicted molar refractivity (Wildman–Crippen MR) is 89.6 cm³/mol. The smallest absolute Gasteiger partial charge is 0.216 e. The molecule has 1 saturated heterocycles. The summed E-state index contributed by atoms with van der Waals surface area (Å²) in [6.07, 6.45) is 3.32. The van der Waals surface area contributed by atoms with E-state index in [1.54, 1.807) is 6.92 Å². The Labute approximate surface area is 133 Å². The van der Waals surface area contributed by atoms with E-state index < -0.39 is 0 Å². The van der Waals surface area contributed by atoms with Crippen molar-refractivity contribution in [1.82, 2.24) is 10.2 Å². The van der Waals surface area contributed by atoms with Crippen molar-refractivity contribution in [2.45, 2.75) is 26.4 Å². The van der Waals surface area contributed by atoms with Crippen LogP contribution in [0.4, 0.5) is 0 Å². The number of carbonyl (C=O) groups is 1. The molecule has 0 saturated carbocycles. The SMILES string of the molecule is CC(=O)NCCC1CN(CC(C)=Cc2ccccc2)CCO1. The monoisotopic (exact) mass is 302 g/mol. The zero-order chi connectivity index (χ0) is 15.8. The van der Waals surface area contributed by atoms with Crippen molar-refractivity contribution in [3.63, 3.8) is 0 Å². The molecule has 2 rings (SSSR count). The third kappa shape index (κ3) is 6.00. The van der Waals surface area contributed by atoms with E-state index in [0.717, 1.165) is 32.7 Å². The summed E-state index contributed by atoms with van der Waals surface area (Å²) in [5.74, 6) is 0.0225. The van der Waals surface area contributed by atoms with Crippen molar-refractivity contribution in [1.29, 1.82) is 0 Å². The lowest BCUT2D eigenvalue weighted by Gasteiger charge is -2.33. The van der Waals surface area contributed by atoms with Crippen molar-refractivity contribution < 1.29 is 9.53 Å². The summed E-state index contributed by atoms with van der Waals surface area (Å²) >= 11 is 0. The van der Waals surface area contributed by atoms with Gasteiger partial charge in [-0.1, -0.05) is 42.0 Å². The third-order valence-corrected chi connectivity index (χ3v) is 3.75. The minimum atomic E-state index is 0.0225. The van der Waals surface area contributed by atoms with Crippen LogP contribution in [0.5, 0.6) is 0 Å². The maximum atomic E-state index is 10.9. The Balaban J connectivity index is 1.79. The Kier molecular flexibility index (Phi) is 6.62. The van der Waals surface area contributed by atoms with Gasteiger partial charge in [-0.15, -0.1) is 0 Å². The highest BCUT2D eigenvalue weighted by Crippen LogP contribution is 2.12. The molecule has 0 bridgehead atoms. The Morgan fingerprint density at radius 1 is 1.36 bits per heavy atom. The van der Waals surface area contributed by atoms with Gasteiger partial charge in [0.05, 0.1) is 12.7 Å². The van der Waals surface area contributed by atoms with Crippen LogP contribution < -0.4 is 5.32 Å². The largest absolute Gasteiger partial charge is 0.375 e. The number of hydrogen-bond donors (Lipinski definition) is 1. The first-order chi connectivity index (χ1) is 10.6. The minimum Gasteiger partial charge on any atom is -0.375 e. The Morgan fingerprint density at radius 2 is 2.14 bits per heavy atom. The van der Waals surface area contributed by atoms with Gasteiger partial charge in [-0.3, -0.25) is 9.69 Å². The number of nitrogens with one attached hydrogen (secondary N) is 1. The second-order valence-electron chi connectivity index (χ2n) is 5.90. The molecule has 22 heavy (non-hydrogen) atoms. The van der Waals surface area contributed by atoms with Gasteiger partial charge < -0.3 is 10.1 Å². The van der Waals surface area contributed by atoms with Crippen molar-refractivity contribution in [2.24, 2.45) is 0 Å². The number of carbonyl (C=O) groups excluding carboxylic acids is 1. The van der Waals surface area contributed by atoms with E-state index in [0.29, 0.717) is 6.54 Å². The normalized spacial score (nSPS) is 19.9. The number of amides is 1. The van der Waals surface area contributed by atoms with Crippen LogP contribution in [-0.4, -0.2) is 49.7 Å². The molecule has 0 spiro atoms. The minimum absolute atomic E-state index is 0.0225. The molecule has 120 valence electrons. The molecule has 1 aromatic rings. The number of morpholine rings is 1. The predicted octanol–water partition coefficient (Wildman–Crippen LogP) is 2.32.